The van der Waals surface area contributed by atoms with Crippen molar-refractivity contribution in [3.63, 3.8) is 0 Å². The third-order valence-corrected chi connectivity index (χ3v) is 3.29. The molecule has 82 valence electrons. The molecule has 0 unspecified atom stereocenters. The van der Waals surface area contributed by atoms with Crippen molar-refractivity contribution in [1.29, 1.82) is 0 Å². The van der Waals surface area contributed by atoms with Crippen molar-refractivity contribution >= 4 is 0 Å². The molecular formula is C11H21NO2. The largest absolute Gasteiger partial charge is 0.337 e. The van der Waals surface area contributed by atoms with Crippen LogP contribution in [0.15, 0.2) is 0 Å². The molecule has 0 aromatic carbocycles. The van der Waals surface area contributed by atoms with Crippen molar-refractivity contribution in [2.45, 2.75) is 39.5 Å². The molecule has 0 aliphatic carbocycles. The van der Waals surface area contributed by atoms with Gasteiger partial charge in [0.25, 0.3) is 0 Å². The fourth-order valence-corrected chi connectivity index (χ4v) is 2.46. The lowest BCUT2D eigenvalue weighted by atomic mass is 9.87. The van der Waals surface area contributed by atoms with Crippen molar-refractivity contribution in [1.82, 2.24) is 4.90 Å². The van der Waals surface area contributed by atoms with Gasteiger partial charge in [0.05, 0.1) is 13.2 Å². The van der Waals surface area contributed by atoms with Gasteiger partial charge in [-0.05, 0) is 6.42 Å². The minimum atomic E-state index is -0.395. The van der Waals surface area contributed by atoms with Crippen LogP contribution in [0.2, 0.25) is 0 Å². The summed E-state index contributed by atoms with van der Waals surface area (Å²) in [5.41, 5.74) is 0.214. The molecule has 3 saturated heterocycles. The number of hydrogen-bond donors (Lipinski definition) is 0. The van der Waals surface area contributed by atoms with Gasteiger partial charge in [-0.3, -0.25) is 4.90 Å². The summed E-state index contributed by atoms with van der Waals surface area (Å²) in [7, 11) is 0. The Bertz CT molecular complexity index is 209. The summed E-state index contributed by atoms with van der Waals surface area (Å²) >= 11 is 0. The number of rotatable bonds is 3. The van der Waals surface area contributed by atoms with Crippen LogP contribution in [-0.4, -0.2) is 37.1 Å². The first-order valence-corrected chi connectivity index (χ1v) is 5.67. The van der Waals surface area contributed by atoms with Crippen LogP contribution in [0.5, 0.6) is 0 Å². The number of fused-ring (bicyclic) bond motifs is 3. The number of hydrogen-bond acceptors (Lipinski definition) is 3. The topological polar surface area (TPSA) is 21.7 Å². The predicted molar refractivity (Wildman–Crippen MR) is 54.9 cm³/mol. The van der Waals surface area contributed by atoms with Crippen molar-refractivity contribution < 1.29 is 9.47 Å². The fourth-order valence-electron chi connectivity index (χ4n) is 2.46. The summed E-state index contributed by atoms with van der Waals surface area (Å²) in [6.45, 7) is 10.5. The molecule has 3 rings (SSSR count). The SMILES string of the molecule is CCCN1CC2(C)COC1(CC)OC2. The molecule has 0 saturated carbocycles. The van der Waals surface area contributed by atoms with Crippen LogP contribution in [0, 0.1) is 5.41 Å². The normalized spacial score (nSPS) is 43.1. The Morgan fingerprint density at radius 1 is 1.21 bits per heavy atom. The Kier molecular flexibility index (Phi) is 2.58. The Labute approximate surface area is 86.4 Å². The first-order chi connectivity index (χ1) is 6.64. The summed E-state index contributed by atoms with van der Waals surface area (Å²) in [4.78, 5) is 2.36. The highest BCUT2D eigenvalue weighted by atomic mass is 16.7. The smallest absolute Gasteiger partial charge is 0.229 e. The molecule has 2 bridgehead atoms. The zero-order chi connectivity index (χ0) is 10.2. The number of ether oxygens (including phenoxy) is 2. The number of nitrogens with zero attached hydrogens (tertiary/aromatic N) is 1. The van der Waals surface area contributed by atoms with E-state index in [4.69, 9.17) is 9.47 Å². The van der Waals surface area contributed by atoms with E-state index >= 15 is 0 Å². The molecule has 3 nitrogen and oxygen atoms in total. The maximum atomic E-state index is 5.89. The van der Waals surface area contributed by atoms with Crippen molar-refractivity contribution in [2.24, 2.45) is 5.41 Å². The molecule has 0 radical (unpaired) electrons. The summed E-state index contributed by atoms with van der Waals surface area (Å²) < 4.78 is 11.8. The molecule has 3 heteroatoms. The summed E-state index contributed by atoms with van der Waals surface area (Å²) in [6.07, 6.45) is 2.08. The van der Waals surface area contributed by atoms with Gasteiger partial charge in [-0.2, -0.15) is 0 Å². The van der Waals surface area contributed by atoms with E-state index in [9.17, 15) is 0 Å². The van der Waals surface area contributed by atoms with Gasteiger partial charge in [-0.1, -0.05) is 20.8 Å². The van der Waals surface area contributed by atoms with Gasteiger partial charge in [0.2, 0.25) is 5.91 Å². The van der Waals surface area contributed by atoms with Gasteiger partial charge in [0, 0.05) is 24.9 Å². The van der Waals surface area contributed by atoms with E-state index in [0.29, 0.717) is 0 Å². The predicted octanol–water partition coefficient (Wildman–Crippen LogP) is 1.83. The maximum Gasteiger partial charge on any atom is 0.229 e. The summed E-state index contributed by atoms with van der Waals surface area (Å²) in [6, 6.07) is 0. The van der Waals surface area contributed by atoms with Crippen LogP contribution in [0.25, 0.3) is 0 Å². The van der Waals surface area contributed by atoms with E-state index in [2.05, 4.69) is 25.7 Å². The second kappa shape index (κ2) is 3.47. The second-order valence-electron chi connectivity index (χ2n) is 4.88. The molecule has 0 aromatic rings. The van der Waals surface area contributed by atoms with Crippen LogP contribution in [-0.2, 0) is 9.47 Å². The molecule has 14 heavy (non-hydrogen) atoms. The van der Waals surface area contributed by atoms with E-state index in [1.165, 1.54) is 0 Å². The molecular weight excluding hydrogens is 178 g/mol. The van der Waals surface area contributed by atoms with Crippen LogP contribution < -0.4 is 0 Å². The molecule has 3 heterocycles. The van der Waals surface area contributed by atoms with Gasteiger partial charge in [-0.25, -0.2) is 0 Å². The molecule has 0 spiro atoms. The third-order valence-electron chi connectivity index (χ3n) is 3.29. The van der Waals surface area contributed by atoms with E-state index in [0.717, 1.165) is 39.1 Å². The monoisotopic (exact) mass is 199 g/mol. The fraction of sp³-hybridized carbons (Fsp3) is 1.00. The average Bonchev–Trinajstić information content (AvgIpc) is 2.19. The highest BCUT2D eigenvalue weighted by Crippen LogP contribution is 2.41. The van der Waals surface area contributed by atoms with E-state index in [1.54, 1.807) is 0 Å². The average molecular weight is 199 g/mol. The third kappa shape index (κ3) is 1.47. The standard InChI is InChI=1S/C11H21NO2/c1-4-6-12-7-10(3)8-13-11(12,5-2)14-9-10/h4-9H2,1-3H3. The van der Waals surface area contributed by atoms with Crippen molar-refractivity contribution in [3.05, 3.63) is 0 Å². The van der Waals surface area contributed by atoms with Crippen LogP contribution >= 0.6 is 0 Å². The zero-order valence-electron chi connectivity index (χ0n) is 9.51. The van der Waals surface area contributed by atoms with E-state index in [1.807, 2.05) is 0 Å². The van der Waals surface area contributed by atoms with Gasteiger partial charge >= 0.3 is 0 Å². The van der Waals surface area contributed by atoms with E-state index < -0.39 is 5.91 Å². The molecule has 0 atom stereocenters. The van der Waals surface area contributed by atoms with Crippen LogP contribution in [0.3, 0.4) is 0 Å². The Hall–Kier alpha value is -0.120. The Balaban J connectivity index is 2.15. The molecule has 0 N–H and O–H groups in total. The van der Waals surface area contributed by atoms with Crippen LogP contribution in [0.4, 0.5) is 0 Å². The van der Waals surface area contributed by atoms with Crippen molar-refractivity contribution in [3.8, 4) is 0 Å². The molecule has 0 amide bonds. The lowest BCUT2D eigenvalue weighted by Gasteiger charge is -2.57. The summed E-state index contributed by atoms with van der Waals surface area (Å²) in [5.74, 6) is -0.395. The van der Waals surface area contributed by atoms with E-state index in [-0.39, 0.29) is 5.41 Å². The first kappa shape index (κ1) is 10.4. The Morgan fingerprint density at radius 3 is 2.36 bits per heavy atom. The first-order valence-electron chi connectivity index (χ1n) is 5.67. The van der Waals surface area contributed by atoms with Crippen LogP contribution in [0.1, 0.15) is 33.6 Å². The lowest BCUT2D eigenvalue weighted by molar-refractivity contribution is -0.407. The van der Waals surface area contributed by atoms with Gasteiger partial charge < -0.3 is 9.47 Å². The Morgan fingerprint density at radius 2 is 1.86 bits per heavy atom. The minimum Gasteiger partial charge on any atom is -0.337 e. The maximum absolute atomic E-state index is 5.89. The van der Waals surface area contributed by atoms with Gasteiger partial charge in [0.15, 0.2) is 0 Å². The quantitative estimate of drug-likeness (QED) is 0.692. The molecule has 3 fully saturated rings. The molecule has 0 aromatic heterocycles. The lowest BCUT2D eigenvalue weighted by Crippen LogP contribution is -2.68. The van der Waals surface area contributed by atoms with Crippen molar-refractivity contribution in [2.75, 3.05) is 26.3 Å². The highest BCUT2D eigenvalue weighted by Gasteiger charge is 2.52. The van der Waals surface area contributed by atoms with Gasteiger partial charge in [0.1, 0.15) is 0 Å². The highest BCUT2D eigenvalue weighted by molar-refractivity contribution is 4.92. The zero-order valence-corrected chi connectivity index (χ0v) is 9.51. The summed E-state index contributed by atoms with van der Waals surface area (Å²) in [5, 5.41) is 0. The molecule has 3 aliphatic rings. The van der Waals surface area contributed by atoms with Gasteiger partial charge in [-0.15, -0.1) is 0 Å². The second-order valence-corrected chi connectivity index (χ2v) is 4.88. The molecule has 3 aliphatic heterocycles. The minimum absolute atomic E-state index is 0.214.